The molecule has 86 valence electrons. The zero-order chi connectivity index (χ0) is 11.5. The molecule has 1 fully saturated rings. The Morgan fingerprint density at radius 2 is 2.38 bits per heavy atom. The predicted octanol–water partition coefficient (Wildman–Crippen LogP) is 2.45. The average molecular weight is 283 g/mol. The van der Waals surface area contributed by atoms with Gasteiger partial charge in [-0.15, -0.1) is 0 Å². The van der Waals surface area contributed by atoms with E-state index in [2.05, 4.69) is 26.6 Å². The van der Waals surface area contributed by atoms with Gasteiger partial charge in [-0.05, 0) is 44.0 Å². The van der Waals surface area contributed by atoms with Crippen LogP contribution in [0.4, 0.5) is 5.69 Å². The van der Waals surface area contributed by atoms with Gasteiger partial charge in [0, 0.05) is 10.2 Å². The number of carbonyl (C=O) groups is 1. The van der Waals surface area contributed by atoms with Gasteiger partial charge in [-0.25, -0.2) is 0 Å². The van der Waals surface area contributed by atoms with Gasteiger partial charge in [0.1, 0.15) is 0 Å². The quantitative estimate of drug-likeness (QED) is 0.875. The number of carbonyl (C=O) groups excluding carboxylic acids is 1. The maximum atomic E-state index is 11.8. The molecule has 1 heterocycles. The molecule has 1 unspecified atom stereocenters. The summed E-state index contributed by atoms with van der Waals surface area (Å²) in [6.07, 6.45) is 2.01. The number of hydrogen-bond acceptors (Lipinski definition) is 2. The molecule has 0 spiro atoms. The summed E-state index contributed by atoms with van der Waals surface area (Å²) < 4.78 is 1.02. The van der Waals surface area contributed by atoms with Crippen molar-refractivity contribution >= 4 is 27.5 Å². The molecule has 1 aliphatic rings. The van der Waals surface area contributed by atoms with Crippen molar-refractivity contribution in [3.63, 3.8) is 0 Å². The van der Waals surface area contributed by atoms with Crippen LogP contribution in [-0.4, -0.2) is 18.5 Å². The lowest BCUT2D eigenvalue weighted by atomic mass is 10.2. The van der Waals surface area contributed by atoms with E-state index < -0.39 is 0 Å². The first-order valence-electron chi connectivity index (χ1n) is 5.47. The Morgan fingerprint density at radius 3 is 3.00 bits per heavy atom. The maximum Gasteiger partial charge on any atom is 0.241 e. The number of anilines is 1. The second-order valence-corrected chi connectivity index (χ2v) is 4.96. The van der Waals surface area contributed by atoms with Crippen molar-refractivity contribution in [1.82, 2.24) is 5.32 Å². The van der Waals surface area contributed by atoms with Crippen LogP contribution in [0.25, 0.3) is 0 Å². The van der Waals surface area contributed by atoms with E-state index in [1.54, 1.807) is 0 Å². The van der Waals surface area contributed by atoms with Gasteiger partial charge in [0.15, 0.2) is 0 Å². The topological polar surface area (TPSA) is 41.1 Å². The average Bonchev–Trinajstić information content (AvgIpc) is 2.77. The first-order valence-corrected chi connectivity index (χ1v) is 6.26. The van der Waals surface area contributed by atoms with Crippen LogP contribution >= 0.6 is 15.9 Å². The Morgan fingerprint density at radius 1 is 1.56 bits per heavy atom. The molecule has 0 aromatic heterocycles. The summed E-state index contributed by atoms with van der Waals surface area (Å²) in [4.78, 5) is 11.8. The highest BCUT2D eigenvalue weighted by molar-refractivity contribution is 9.10. The molecule has 2 N–H and O–H groups in total. The van der Waals surface area contributed by atoms with Crippen molar-refractivity contribution in [3.8, 4) is 0 Å². The van der Waals surface area contributed by atoms with E-state index in [0.29, 0.717) is 0 Å². The Labute approximate surface area is 104 Å². The highest BCUT2D eigenvalue weighted by Gasteiger charge is 2.21. The molecule has 2 rings (SSSR count). The monoisotopic (exact) mass is 282 g/mol. The fraction of sp³-hybridized carbons (Fsp3) is 0.417. The van der Waals surface area contributed by atoms with Crippen LogP contribution in [0.1, 0.15) is 18.4 Å². The molecule has 1 atom stereocenters. The van der Waals surface area contributed by atoms with Crippen LogP contribution in [0.15, 0.2) is 22.7 Å². The summed E-state index contributed by atoms with van der Waals surface area (Å²) in [5, 5.41) is 6.10. The summed E-state index contributed by atoms with van der Waals surface area (Å²) in [7, 11) is 0. The molecule has 1 aromatic rings. The lowest BCUT2D eigenvalue weighted by molar-refractivity contribution is -0.117. The molecule has 0 bridgehead atoms. The van der Waals surface area contributed by atoms with Crippen LogP contribution < -0.4 is 10.6 Å². The van der Waals surface area contributed by atoms with E-state index >= 15 is 0 Å². The van der Waals surface area contributed by atoms with Crippen molar-refractivity contribution in [2.75, 3.05) is 11.9 Å². The normalized spacial score (nSPS) is 19.8. The molecule has 1 aromatic carbocycles. The van der Waals surface area contributed by atoms with Crippen LogP contribution in [-0.2, 0) is 4.79 Å². The molecule has 0 radical (unpaired) electrons. The summed E-state index contributed by atoms with van der Waals surface area (Å²) >= 11 is 3.45. The van der Waals surface area contributed by atoms with Crippen molar-refractivity contribution in [3.05, 3.63) is 28.2 Å². The minimum absolute atomic E-state index is 0.0277. The molecule has 1 amide bonds. The lowest BCUT2D eigenvalue weighted by Gasteiger charge is -2.11. The molecule has 3 nitrogen and oxygen atoms in total. The summed E-state index contributed by atoms with van der Waals surface area (Å²) in [5.74, 6) is 0.0632. The maximum absolute atomic E-state index is 11.8. The number of rotatable bonds is 2. The fourth-order valence-corrected chi connectivity index (χ4v) is 2.19. The summed E-state index contributed by atoms with van der Waals surface area (Å²) in [6.45, 7) is 2.96. The van der Waals surface area contributed by atoms with Gasteiger partial charge in [-0.2, -0.15) is 0 Å². The fourth-order valence-electron chi connectivity index (χ4n) is 1.81. The first-order chi connectivity index (χ1) is 7.66. The van der Waals surface area contributed by atoms with Crippen molar-refractivity contribution in [2.45, 2.75) is 25.8 Å². The number of halogens is 1. The van der Waals surface area contributed by atoms with E-state index in [1.165, 1.54) is 0 Å². The third-order valence-corrected chi connectivity index (χ3v) is 3.67. The van der Waals surface area contributed by atoms with Gasteiger partial charge in [0.25, 0.3) is 0 Å². The first kappa shape index (κ1) is 11.6. The lowest BCUT2D eigenvalue weighted by Crippen LogP contribution is -2.35. The molecular formula is C12H15BrN2O. The Balaban J connectivity index is 2.02. The Bertz CT molecular complexity index is 400. The van der Waals surface area contributed by atoms with E-state index in [0.717, 1.165) is 35.1 Å². The van der Waals surface area contributed by atoms with E-state index in [1.807, 2.05) is 25.1 Å². The number of aryl methyl sites for hydroxylation is 1. The van der Waals surface area contributed by atoms with Crippen LogP contribution in [0.2, 0.25) is 0 Å². The number of hydrogen-bond donors (Lipinski definition) is 2. The van der Waals surface area contributed by atoms with E-state index in [4.69, 9.17) is 0 Å². The zero-order valence-corrected chi connectivity index (χ0v) is 10.8. The van der Waals surface area contributed by atoms with Crippen molar-refractivity contribution < 1.29 is 4.79 Å². The van der Waals surface area contributed by atoms with Crippen LogP contribution in [0.3, 0.4) is 0 Å². The van der Waals surface area contributed by atoms with Gasteiger partial charge in [-0.3, -0.25) is 4.79 Å². The summed E-state index contributed by atoms with van der Waals surface area (Å²) in [5.41, 5.74) is 2.01. The minimum Gasteiger partial charge on any atom is -0.325 e. The molecule has 1 aliphatic heterocycles. The SMILES string of the molecule is Cc1ccc(NC(=O)C2CCCN2)cc1Br. The minimum atomic E-state index is -0.0277. The van der Waals surface area contributed by atoms with E-state index in [9.17, 15) is 4.79 Å². The van der Waals surface area contributed by atoms with Gasteiger partial charge >= 0.3 is 0 Å². The van der Waals surface area contributed by atoms with Gasteiger partial charge < -0.3 is 10.6 Å². The van der Waals surface area contributed by atoms with E-state index in [-0.39, 0.29) is 11.9 Å². The van der Waals surface area contributed by atoms with Crippen LogP contribution in [0.5, 0.6) is 0 Å². The standard InChI is InChI=1S/C12H15BrN2O/c1-8-4-5-9(7-10(8)13)15-12(16)11-3-2-6-14-11/h4-5,7,11,14H,2-3,6H2,1H3,(H,15,16). The molecule has 4 heteroatoms. The summed E-state index contributed by atoms with van der Waals surface area (Å²) in [6, 6.07) is 5.82. The third-order valence-electron chi connectivity index (χ3n) is 2.82. The van der Waals surface area contributed by atoms with Gasteiger partial charge in [0.05, 0.1) is 6.04 Å². The van der Waals surface area contributed by atoms with Crippen molar-refractivity contribution in [1.29, 1.82) is 0 Å². The molecule has 0 aliphatic carbocycles. The predicted molar refractivity (Wildman–Crippen MR) is 68.5 cm³/mol. The van der Waals surface area contributed by atoms with Gasteiger partial charge in [-0.1, -0.05) is 22.0 Å². The number of nitrogens with one attached hydrogen (secondary N) is 2. The Hall–Kier alpha value is -0.870. The molecule has 0 saturated carbocycles. The Kier molecular flexibility index (Phi) is 3.61. The van der Waals surface area contributed by atoms with Crippen molar-refractivity contribution in [2.24, 2.45) is 0 Å². The molecule has 1 saturated heterocycles. The molecule has 16 heavy (non-hydrogen) atoms. The number of amides is 1. The zero-order valence-electron chi connectivity index (χ0n) is 9.22. The highest BCUT2D eigenvalue weighted by atomic mass is 79.9. The second-order valence-electron chi connectivity index (χ2n) is 4.10. The smallest absolute Gasteiger partial charge is 0.241 e. The third kappa shape index (κ3) is 2.62. The largest absolute Gasteiger partial charge is 0.325 e. The second kappa shape index (κ2) is 4.97. The van der Waals surface area contributed by atoms with Crippen LogP contribution in [0, 0.1) is 6.92 Å². The highest BCUT2D eigenvalue weighted by Crippen LogP contribution is 2.21. The molecular weight excluding hydrogens is 268 g/mol. The van der Waals surface area contributed by atoms with Gasteiger partial charge in [0.2, 0.25) is 5.91 Å². The number of benzene rings is 1.